The first kappa shape index (κ1) is 38.4. The van der Waals surface area contributed by atoms with Gasteiger partial charge >= 0.3 is 24.2 Å². The summed E-state index contributed by atoms with van der Waals surface area (Å²) in [6.45, 7) is 4.70. The smallest absolute Gasteiger partial charge is 0.397 e. The Balaban J connectivity index is 0.000000190. The fourth-order valence-electron chi connectivity index (χ4n) is 3.75. The largest absolute Gasteiger partial charge is 0.433 e. The molecule has 0 bridgehead atoms. The van der Waals surface area contributed by atoms with Gasteiger partial charge < -0.3 is 11.1 Å². The Kier molecular flexibility index (Phi) is 10.6. The molecule has 0 saturated carbocycles. The summed E-state index contributed by atoms with van der Waals surface area (Å²) in [5, 5.41) is 10.3. The molecule has 0 spiro atoms. The molecule has 6 rings (SSSR count). The van der Waals surface area contributed by atoms with Crippen LogP contribution in [0.3, 0.4) is 0 Å². The van der Waals surface area contributed by atoms with E-state index in [-0.39, 0.29) is 33.9 Å². The fourth-order valence-corrected chi connectivity index (χ4v) is 4.02. The third kappa shape index (κ3) is 9.86. The predicted octanol–water partition coefficient (Wildman–Crippen LogP) is 7.58. The number of hydrogen-bond donors (Lipinski definition) is 2. The number of fused-ring (bicyclic) bond motifs is 2. The molecule has 0 aromatic carbocycles. The molecule has 6 heterocycles. The minimum Gasteiger partial charge on any atom is -0.397 e. The van der Waals surface area contributed by atoms with Crippen molar-refractivity contribution in [3.05, 3.63) is 88.4 Å². The number of rotatable bonds is 4. The maximum Gasteiger partial charge on any atom is 0.433 e. The van der Waals surface area contributed by atoms with Gasteiger partial charge in [0.05, 0.1) is 23.8 Å². The van der Waals surface area contributed by atoms with Crippen LogP contribution in [-0.2, 0) is 24.2 Å². The lowest BCUT2D eigenvalue weighted by atomic mass is 10.3. The second-order valence-corrected chi connectivity index (χ2v) is 11.0. The van der Waals surface area contributed by atoms with Gasteiger partial charge in [0.1, 0.15) is 22.4 Å². The Morgan fingerprint density at radius 1 is 0.647 bits per heavy atom. The maximum absolute atomic E-state index is 13.4. The molecule has 0 unspecified atom stereocenters. The van der Waals surface area contributed by atoms with E-state index >= 15 is 0 Å². The summed E-state index contributed by atoms with van der Waals surface area (Å²) in [5.74, 6) is -7.40. The van der Waals surface area contributed by atoms with Gasteiger partial charge in [-0.1, -0.05) is 11.6 Å². The van der Waals surface area contributed by atoms with Crippen molar-refractivity contribution < 1.29 is 43.9 Å². The summed E-state index contributed by atoms with van der Waals surface area (Å²) in [6, 6.07) is 7.01. The molecule has 0 saturated heterocycles. The summed E-state index contributed by atoms with van der Waals surface area (Å²) < 4.78 is 128. The van der Waals surface area contributed by atoms with E-state index in [0.29, 0.717) is 18.3 Å². The van der Waals surface area contributed by atoms with Crippen LogP contribution in [0.4, 0.5) is 61.1 Å². The normalized spacial score (nSPS) is 12.3. The van der Waals surface area contributed by atoms with Gasteiger partial charge in [-0.3, -0.25) is 0 Å². The molecule has 6 aromatic heterocycles. The van der Waals surface area contributed by atoms with Crippen molar-refractivity contribution in [2.45, 2.75) is 51.9 Å². The Bertz CT molecular complexity index is 2120. The van der Waals surface area contributed by atoms with E-state index in [0.717, 1.165) is 46.5 Å². The van der Waals surface area contributed by atoms with Gasteiger partial charge in [0.25, 0.3) is 11.6 Å². The van der Waals surface area contributed by atoms with Crippen molar-refractivity contribution in [3.63, 3.8) is 0 Å². The standard InChI is InChI=1S/C14H11F5N6.C8H7ClF2N4.C6H5F3N2/c1-7-5-10(22-8-3-4-9(20-6-8)14(17,18)19)25-12(21-7)23-11(24-25)13(2,15)16;1-4-3-5(9)15-7(12-4)13-6(14-15)8(2,10)11;7-6(8,9)5-2-1-4(10)3-11-5/h3-6,22H,1-2H3;3H,1-2H3;1-3H,10H2. The van der Waals surface area contributed by atoms with Crippen molar-refractivity contribution in [2.24, 2.45) is 0 Å². The van der Waals surface area contributed by atoms with Gasteiger partial charge in [0.2, 0.25) is 11.6 Å². The van der Waals surface area contributed by atoms with Crippen molar-refractivity contribution in [1.29, 1.82) is 0 Å². The van der Waals surface area contributed by atoms with Gasteiger partial charge in [-0.25, -0.2) is 19.9 Å². The van der Waals surface area contributed by atoms with E-state index in [1.165, 1.54) is 18.2 Å². The van der Waals surface area contributed by atoms with Gasteiger partial charge in [0.15, 0.2) is 0 Å². The Morgan fingerprint density at radius 3 is 1.57 bits per heavy atom. The van der Waals surface area contributed by atoms with Crippen LogP contribution in [0.25, 0.3) is 11.6 Å². The lowest BCUT2D eigenvalue weighted by Gasteiger charge is -2.10. The summed E-state index contributed by atoms with van der Waals surface area (Å²) in [7, 11) is 0. The first-order valence-corrected chi connectivity index (χ1v) is 14.3. The average Bonchev–Trinajstić information content (AvgIpc) is 3.63. The van der Waals surface area contributed by atoms with Gasteiger partial charge in [0, 0.05) is 31.3 Å². The second-order valence-electron chi connectivity index (χ2n) is 10.6. The van der Waals surface area contributed by atoms with E-state index in [1.807, 2.05) is 0 Å². The van der Waals surface area contributed by atoms with Crippen molar-refractivity contribution in [2.75, 3.05) is 11.1 Å². The molecule has 6 aromatic rings. The molecule has 0 aliphatic heterocycles. The quantitative estimate of drug-likeness (QED) is 0.136. The first-order valence-electron chi connectivity index (χ1n) is 13.9. The minimum atomic E-state index is -4.55. The second kappa shape index (κ2) is 14.1. The number of nitrogen functional groups attached to an aromatic ring is 1. The molecule has 0 fully saturated rings. The number of anilines is 3. The molecule has 23 heteroatoms. The highest BCUT2D eigenvalue weighted by atomic mass is 35.5. The molecular weight excluding hydrogens is 730 g/mol. The van der Waals surface area contributed by atoms with Crippen LogP contribution < -0.4 is 11.1 Å². The molecular formula is C28H23ClF10N12. The van der Waals surface area contributed by atoms with E-state index in [2.05, 4.69) is 45.4 Å². The molecule has 0 aliphatic carbocycles. The van der Waals surface area contributed by atoms with E-state index in [1.54, 1.807) is 13.8 Å². The summed E-state index contributed by atoms with van der Waals surface area (Å²) >= 11 is 5.80. The number of pyridine rings is 2. The van der Waals surface area contributed by atoms with E-state index in [9.17, 15) is 43.9 Å². The highest BCUT2D eigenvalue weighted by Crippen LogP contribution is 2.30. The van der Waals surface area contributed by atoms with Crippen molar-refractivity contribution in [3.8, 4) is 0 Å². The van der Waals surface area contributed by atoms with Crippen LogP contribution in [0, 0.1) is 13.8 Å². The Morgan fingerprint density at radius 2 is 1.12 bits per heavy atom. The zero-order valence-electron chi connectivity index (χ0n) is 26.3. The zero-order valence-corrected chi connectivity index (χ0v) is 27.1. The van der Waals surface area contributed by atoms with Crippen LogP contribution >= 0.6 is 11.6 Å². The topological polar surface area (TPSA) is 150 Å². The molecule has 272 valence electrons. The number of nitrogens with one attached hydrogen (secondary N) is 1. The zero-order chi connectivity index (χ0) is 38.1. The van der Waals surface area contributed by atoms with Gasteiger partial charge in [-0.15, -0.1) is 10.2 Å². The Labute approximate surface area is 284 Å². The number of halogens is 11. The third-order valence-electron chi connectivity index (χ3n) is 6.03. The minimum absolute atomic E-state index is 0.0566. The summed E-state index contributed by atoms with van der Waals surface area (Å²) in [6.07, 6.45) is -6.97. The average molecular weight is 753 g/mol. The van der Waals surface area contributed by atoms with E-state index < -0.39 is 47.2 Å². The van der Waals surface area contributed by atoms with Crippen LogP contribution in [0.2, 0.25) is 5.15 Å². The predicted molar refractivity (Wildman–Crippen MR) is 161 cm³/mol. The third-order valence-corrected chi connectivity index (χ3v) is 6.29. The highest BCUT2D eigenvalue weighted by molar-refractivity contribution is 6.29. The molecule has 0 radical (unpaired) electrons. The van der Waals surface area contributed by atoms with Gasteiger partial charge in [-0.2, -0.15) is 62.9 Å². The monoisotopic (exact) mass is 752 g/mol. The van der Waals surface area contributed by atoms with Crippen LogP contribution in [0.1, 0.15) is 48.3 Å². The lowest BCUT2D eigenvalue weighted by molar-refractivity contribution is -0.141. The number of aromatic nitrogens is 10. The number of nitrogens with two attached hydrogens (primary N) is 1. The summed E-state index contributed by atoms with van der Waals surface area (Å²) in [5.41, 5.74) is 4.69. The first-order chi connectivity index (χ1) is 23.4. The molecule has 51 heavy (non-hydrogen) atoms. The van der Waals surface area contributed by atoms with Crippen LogP contribution in [0.5, 0.6) is 0 Å². The van der Waals surface area contributed by atoms with Crippen molar-refractivity contribution in [1.82, 2.24) is 49.1 Å². The van der Waals surface area contributed by atoms with Crippen LogP contribution in [-0.4, -0.2) is 49.1 Å². The van der Waals surface area contributed by atoms with E-state index in [4.69, 9.17) is 17.3 Å². The SMILES string of the molecule is Cc1cc(Cl)n2nc(C(C)(F)F)nc2n1.Cc1cc(Nc2ccc(C(F)(F)F)nc2)n2nc(C(C)(F)F)nc2n1.Nc1ccc(C(F)(F)F)nc1. The number of nitrogens with zero attached hydrogens (tertiary/aromatic N) is 10. The molecule has 0 aliphatic rings. The lowest BCUT2D eigenvalue weighted by Crippen LogP contribution is -2.10. The van der Waals surface area contributed by atoms with Gasteiger partial charge in [-0.05, 0) is 44.2 Å². The summed E-state index contributed by atoms with van der Waals surface area (Å²) in [4.78, 5) is 21.7. The highest BCUT2D eigenvalue weighted by Gasteiger charge is 2.34. The van der Waals surface area contributed by atoms with Crippen molar-refractivity contribution >= 4 is 40.3 Å². The fraction of sp³-hybridized carbons (Fsp3) is 0.286. The molecule has 0 atom stereocenters. The molecule has 3 N–H and O–H groups in total. The number of alkyl halides is 10. The number of aryl methyl sites for hydroxylation is 2. The molecule has 12 nitrogen and oxygen atoms in total. The Hall–Kier alpha value is -5.41. The molecule has 0 amide bonds. The van der Waals surface area contributed by atoms with Crippen LogP contribution in [0.15, 0.2) is 48.8 Å². The number of hydrogen-bond acceptors (Lipinski definition) is 10. The maximum atomic E-state index is 13.4.